The zero-order valence-corrected chi connectivity index (χ0v) is 12.5. The maximum atomic E-state index is 6.24. The minimum absolute atomic E-state index is 0.360. The first-order valence-electron chi connectivity index (χ1n) is 6.98. The Morgan fingerprint density at radius 3 is 2.72 bits per heavy atom. The maximum absolute atomic E-state index is 6.24. The molecule has 0 aliphatic carbocycles. The Kier molecular flexibility index (Phi) is 7.29. The van der Waals surface area contributed by atoms with Crippen molar-refractivity contribution in [2.24, 2.45) is 5.92 Å². The lowest BCUT2D eigenvalue weighted by atomic mass is 9.98. The monoisotopic (exact) mass is 268 g/mol. The highest BCUT2D eigenvalue weighted by Gasteiger charge is 2.13. The molecule has 0 saturated carbocycles. The van der Waals surface area contributed by atoms with Gasteiger partial charge in [0.1, 0.15) is 0 Å². The molecule has 0 aromatic carbocycles. The Morgan fingerprint density at radius 1 is 1.33 bits per heavy atom. The lowest BCUT2D eigenvalue weighted by Gasteiger charge is -2.20. The highest BCUT2D eigenvalue weighted by molar-refractivity contribution is 6.31. The molecule has 1 heterocycles. The first-order valence-corrected chi connectivity index (χ1v) is 7.35. The predicted molar refractivity (Wildman–Crippen MR) is 79.0 cm³/mol. The van der Waals surface area contributed by atoms with Crippen LogP contribution in [0.15, 0.2) is 18.5 Å². The summed E-state index contributed by atoms with van der Waals surface area (Å²) < 4.78 is 0. The van der Waals surface area contributed by atoms with E-state index in [1.54, 1.807) is 6.20 Å². The fraction of sp³-hybridized carbons (Fsp3) is 0.667. The third-order valence-corrected chi connectivity index (χ3v) is 3.41. The van der Waals surface area contributed by atoms with E-state index in [0.29, 0.717) is 6.04 Å². The van der Waals surface area contributed by atoms with Gasteiger partial charge in [0.05, 0.1) is 5.02 Å². The summed E-state index contributed by atoms with van der Waals surface area (Å²) in [6.07, 6.45) is 8.35. The van der Waals surface area contributed by atoms with Crippen molar-refractivity contribution in [2.45, 2.75) is 52.5 Å². The number of nitrogens with one attached hydrogen (secondary N) is 1. The zero-order valence-electron chi connectivity index (χ0n) is 11.7. The predicted octanol–water partition coefficient (Wildman–Crippen LogP) is 4.60. The second kappa shape index (κ2) is 8.49. The summed E-state index contributed by atoms with van der Waals surface area (Å²) in [4.78, 5) is 4.06. The third kappa shape index (κ3) is 5.36. The minimum Gasteiger partial charge on any atom is -0.310 e. The summed E-state index contributed by atoms with van der Waals surface area (Å²) in [5, 5.41) is 4.36. The SMILES string of the molecule is CCCNC(CCCC(C)C)c1ccncc1Cl. The molecule has 18 heavy (non-hydrogen) atoms. The van der Waals surface area contributed by atoms with Gasteiger partial charge in [-0.3, -0.25) is 4.98 Å². The second-order valence-electron chi connectivity index (χ2n) is 5.23. The first kappa shape index (κ1) is 15.5. The van der Waals surface area contributed by atoms with Crippen molar-refractivity contribution >= 4 is 11.6 Å². The van der Waals surface area contributed by atoms with Gasteiger partial charge in [0.25, 0.3) is 0 Å². The smallest absolute Gasteiger partial charge is 0.0637 e. The van der Waals surface area contributed by atoms with E-state index < -0.39 is 0 Å². The van der Waals surface area contributed by atoms with Crippen LogP contribution in [0.4, 0.5) is 0 Å². The number of nitrogens with zero attached hydrogens (tertiary/aromatic N) is 1. The summed E-state index contributed by atoms with van der Waals surface area (Å²) >= 11 is 6.24. The van der Waals surface area contributed by atoms with Crippen LogP contribution in [-0.4, -0.2) is 11.5 Å². The van der Waals surface area contributed by atoms with Crippen LogP contribution in [0.2, 0.25) is 5.02 Å². The Bertz CT molecular complexity index is 339. The van der Waals surface area contributed by atoms with E-state index in [9.17, 15) is 0 Å². The average molecular weight is 269 g/mol. The van der Waals surface area contributed by atoms with E-state index in [1.165, 1.54) is 18.4 Å². The molecule has 0 spiro atoms. The van der Waals surface area contributed by atoms with Crippen molar-refractivity contribution < 1.29 is 0 Å². The van der Waals surface area contributed by atoms with E-state index in [-0.39, 0.29) is 0 Å². The molecular formula is C15H25ClN2. The van der Waals surface area contributed by atoms with Gasteiger partial charge in [-0.05, 0) is 36.9 Å². The molecule has 102 valence electrons. The Hall–Kier alpha value is -0.600. The van der Waals surface area contributed by atoms with Crippen LogP contribution in [0.1, 0.15) is 58.1 Å². The van der Waals surface area contributed by atoms with Crippen molar-refractivity contribution in [2.75, 3.05) is 6.54 Å². The number of rotatable bonds is 8. The summed E-state index contributed by atoms with van der Waals surface area (Å²) in [6.45, 7) is 7.76. The van der Waals surface area contributed by atoms with Gasteiger partial charge in [-0.15, -0.1) is 0 Å². The highest BCUT2D eigenvalue weighted by Crippen LogP contribution is 2.26. The molecule has 0 saturated heterocycles. The standard InChI is InChI=1S/C15H25ClN2/c1-4-9-18-15(7-5-6-12(2)3)13-8-10-17-11-14(13)16/h8,10-12,15,18H,4-7,9H2,1-3H3. The Morgan fingerprint density at radius 2 is 2.11 bits per heavy atom. The van der Waals surface area contributed by atoms with Crippen molar-refractivity contribution in [1.29, 1.82) is 0 Å². The maximum Gasteiger partial charge on any atom is 0.0637 e. The van der Waals surface area contributed by atoms with E-state index in [1.807, 2.05) is 12.3 Å². The van der Waals surface area contributed by atoms with Gasteiger partial charge < -0.3 is 5.32 Å². The number of pyridine rings is 1. The van der Waals surface area contributed by atoms with Gasteiger partial charge >= 0.3 is 0 Å². The lowest BCUT2D eigenvalue weighted by molar-refractivity contribution is 0.447. The van der Waals surface area contributed by atoms with E-state index in [0.717, 1.165) is 30.3 Å². The van der Waals surface area contributed by atoms with Gasteiger partial charge in [0.15, 0.2) is 0 Å². The van der Waals surface area contributed by atoms with Crippen LogP contribution < -0.4 is 5.32 Å². The van der Waals surface area contributed by atoms with Gasteiger partial charge in [0.2, 0.25) is 0 Å². The van der Waals surface area contributed by atoms with Crippen LogP contribution in [0.3, 0.4) is 0 Å². The number of halogens is 1. The molecule has 1 aromatic heterocycles. The molecule has 0 aliphatic heterocycles. The molecule has 0 aliphatic rings. The summed E-state index contributed by atoms with van der Waals surface area (Å²) in [7, 11) is 0. The van der Waals surface area contributed by atoms with E-state index in [2.05, 4.69) is 31.1 Å². The first-order chi connectivity index (χ1) is 8.65. The molecule has 0 bridgehead atoms. The Labute approximate surface area is 116 Å². The fourth-order valence-electron chi connectivity index (χ4n) is 2.08. The van der Waals surface area contributed by atoms with Crippen molar-refractivity contribution in [3.63, 3.8) is 0 Å². The van der Waals surface area contributed by atoms with E-state index in [4.69, 9.17) is 11.6 Å². The highest BCUT2D eigenvalue weighted by atomic mass is 35.5. The molecule has 0 amide bonds. The van der Waals surface area contributed by atoms with Crippen LogP contribution in [0.5, 0.6) is 0 Å². The lowest BCUT2D eigenvalue weighted by Crippen LogP contribution is -2.22. The minimum atomic E-state index is 0.360. The summed E-state index contributed by atoms with van der Waals surface area (Å²) in [5.74, 6) is 0.768. The van der Waals surface area contributed by atoms with Crippen LogP contribution in [0.25, 0.3) is 0 Å². The van der Waals surface area contributed by atoms with Gasteiger partial charge in [-0.2, -0.15) is 0 Å². The molecule has 1 aromatic rings. The van der Waals surface area contributed by atoms with Crippen LogP contribution in [0, 0.1) is 5.92 Å². The molecule has 1 rings (SSSR count). The number of hydrogen-bond donors (Lipinski definition) is 1. The molecule has 0 fully saturated rings. The number of aromatic nitrogens is 1. The second-order valence-corrected chi connectivity index (χ2v) is 5.64. The molecule has 1 unspecified atom stereocenters. The van der Waals surface area contributed by atoms with Gasteiger partial charge in [0, 0.05) is 18.4 Å². The summed E-state index contributed by atoms with van der Waals surface area (Å²) in [6, 6.07) is 2.39. The normalized spacial score (nSPS) is 12.9. The quantitative estimate of drug-likeness (QED) is 0.745. The molecular weight excluding hydrogens is 244 g/mol. The Balaban J connectivity index is 2.62. The topological polar surface area (TPSA) is 24.9 Å². The molecule has 0 radical (unpaired) electrons. The molecule has 3 heteroatoms. The van der Waals surface area contributed by atoms with Crippen LogP contribution in [-0.2, 0) is 0 Å². The van der Waals surface area contributed by atoms with Gasteiger partial charge in [-0.25, -0.2) is 0 Å². The van der Waals surface area contributed by atoms with E-state index >= 15 is 0 Å². The number of hydrogen-bond acceptors (Lipinski definition) is 2. The molecule has 1 N–H and O–H groups in total. The average Bonchev–Trinajstić information content (AvgIpc) is 2.34. The van der Waals surface area contributed by atoms with Crippen molar-refractivity contribution in [1.82, 2.24) is 10.3 Å². The third-order valence-electron chi connectivity index (χ3n) is 3.09. The van der Waals surface area contributed by atoms with Crippen molar-refractivity contribution in [3.8, 4) is 0 Å². The molecule has 2 nitrogen and oxygen atoms in total. The van der Waals surface area contributed by atoms with Crippen molar-refractivity contribution in [3.05, 3.63) is 29.0 Å². The fourth-order valence-corrected chi connectivity index (χ4v) is 2.34. The van der Waals surface area contributed by atoms with Gasteiger partial charge in [-0.1, -0.05) is 45.2 Å². The zero-order chi connectivity index (χ0) is 13.4. The molecule has 1 atom stereocenters. The largest absolute Gasteiger partial charge is 0.310 e. The summed E-state index contributed by atoms with van der Waals surface area (Å²) in [5.41, 5.74) is 1.18. The van der Waals surface area contributed by atoms with Crippen LogP contribution >= 0.6 is 11.6 Å².